The quantitative estimate of drug-likeness (QED) is 0.529. The van der Waals surface area contributed by atoms with Gasteiger partial charge in [0.15, 0.2) is 0 Å². The van der Waals surface area contributed by atoms with Crippen molar-refractivity contribution in [3.8, 4) is 0 Å². The van der Waals surface area contributed by atoms with E-state index < -0.39 is 0 Å². The number of hydrazone groups is 1. The lowest BCUT2D eigenvalue weighted by atomic mass is 9.99. The monoisotopic (exact) mass is 126 g/mol. The molecule has 2 nitrogen and oxygen atoms in total. The van der Waals surface area contributed by atoms with Crippen molar-refractivity contribution in [1.29, 1.82) is 0 Å². The van der Waals surface area contributed by atoms with E-state index in [1.165, 1.54) is 37.8 Å². The molecule has 9 heavy (non-hydrogen) atoms. The lowest BCUT2D eigenvalue weighted by molar-refractivity contribution is 0.658. The van der Waals surface area contributed by atoms with E-state index in [-0.39, 0.29) is 0 Å². The molecule has 0 spiro atoms. The summed E-state index contributed by atoms with van der Waals surface area (Å²) in [5.41, 5.74) is 4.18. The summed E-state index contributed by atoms with van der Waals surface area (Å²) in [6.45, 7) is 0. The second kappa shape index (κ2) is 3.49. The summed E-state index contributed by atoms with van der Waals surface area (Å²) in [7, 11) is 1.86. The molecule has 0 unspecified atom stereocenters. The van der Waals surface area contributed by atoms with Gasteiger partial charge in [-0.05, 0) is 25.7 Å². The van der Waals surface area contributed by atoms with Gasteiger partial charge >= 0.3 is 0 Å². The van der Waals surface area contributed by atoms with E-state index >= 15 is 0 Å². The molecule has 0 bridgehead atoms. The number of nitrogens with one attached hydrogen (secondary N) is 1. The van der Waals surface area contributed by atoms with Gasteiger partial charge in [0.2, 0.25) is 0 Å². The minimum Gasteiger partial charge on any atom is -0.313 e. The number of hydrogen-bond donors (Lipinski definition) is 1. The molecule has 1 N–H and O–H groups in total. The maximum atomic E-state index is 4.15. The fraction of sp³-hybridized carbons (Fsp3) is 0.857. The van der Waals surface area contributed by atoms with Crippen molar-refractivity contribution in [2.75, 3.05) is 7.05 Å². The topological polar surface area (TPSA) is 24.4 Å². The Morgan fingerprint density at radius 3 is 2.44 bits per heavy atom. The highest BCUT2D eigenvalue weighted by Gasteiger charge is 2.05. The molecule has 2 heteroatoms. The number of nitrogens with zero attached hydrogens (tertiary/aromatic N) is 1. The standard InChI is InChI=1S/C7H14N2/c1-8-9-7-5-3-2-4-6-7/h8H,2-6H2,1H3. The zero-order chi connectivity index (χ0) is 6.53. The molecule has 0 atom stereocenters. The largest absolute Gasteiger partial charge is 0.313 e. The van der Waals surface area contributed by atoms with Gasteiger partial charge < -0.3 is 5.43 Å². The van der Waals surface area contributed by atoms with Gasteiger partial charge in [-0.1, -0.05) is 6.42 Å². The van der Waals surface area contributed by atoms with E-state index in [4.69, 9.17) is 0 Å². The Balaban J connectivity index is 2.30. The molecule has 0 radical (unpaired) electrons. The second-order valence-electron chi connectivity index (χ2n) is 2.46. The number of hydrogen-bond acceptors (Lipinski definition) is 2. The van der Waals surface area contributed by atoms with Crippen LogP contribution in [0, 0.1) is 0 Å². The SMILES string of the molecule is CNN=C1CCCCC1. The summed E-state index contributed by atoms with van der Waals surface area (Å²) in [4.78, 5) is 0. The molecule has 1 rings (SSSR count). The van der Waals surface area contributed by atoms with Gasteiger partial charge in [0.1, 0.15) is 0 Å². The maximum Gasteiger partial charge on any atom is 0.0378 e. The molecule has 0 aromatic rings. The molecule has 1 fully saturated rings. The van der Waals surface area contributed by atoms with Crippen LogP contribution >= 0.6 is 0 Å². The smallest absolute Gasteiger partial charge is 0.0378 e. The minimum absolute atomic E-state index is 1.21. The van der Waals surface area contributed by atoms with Crippen molar-refractivity contribution in [1.82, 2.24) is 5.43 Å². The Bertz CT molecular complexity index is 99.5. The lowest BCUT2D eigenvalue weighted by Gasteiger charge is -2.10. The highest BCUT2D eigenvalue weighted by Crippen LogP contribution is 2.13. The molecule has 0 aliphatic heterocycles. The van der Waals surface area contributed by atoms with Crippen LogP contribution in [-0.2, 0) is 0 Å². The van der Waals surface area contributed by atoms with Gasteiger partial charge in [-0.2, -0.15) is 5.10 Å². The first-order chi connectivity index (χ1) is 4.43. The molecule has 0 saturated heterocycles. The van der Waals surface area contributed by atoms with Crippen molar-refractivity contribution < 1.29 is 0 Å². The summed E-state index contributed by atoms with van der Waals surface area (Å²) in [5.74, 6) is 0. The third-order valence-corrected chi connectivity index (χ3v) is 1.70. The summed E-state index contributed by atoms with van der Waals surface area (Å²) in [6, 6.07) is 0. The minimum atomic E-state index is 1.21. The van der Waals surface area contributed by atoms with Crippen LogP contribution in [-0.4, -0.2) is 12.8 Å². The average Bonchev–Trinajstić information content (AvgIpc) is 1.91. The zero-order valence-electron chi connectivity index (χ0n) is 5.98. The van der Waals surface area contributed by atoms with Crippen LogP contribution in [0.25, 0.3) is 0 Å². The van der Waals surface area contributed by atoms with E-state index in [0.29, 0.717) is 0 Å². The fourth-order valence-corrected chi connectivity index (χ4v) is 1.23. The molecular weight excluding hydrogens is 112 g/mol. The van der Waals surface area contributed by atoms with Crippen LogP contribution < -0.4 is 5.43 Å². The van der Waals surface area contributed by atoms with Gasteiger partial charge in [0.25, 0.3) is 0 Å². The van der Waals surface area contributed by atoms with E-state index in [0.717, 1.165) is 0 Å². The second-order valence-corrected chi connectivity index (χ2v) is 2.46. The highest BCUT2D eigenvalue weighted by molar-refractivity contribution is 5.84. The first-order valence-electron chi connectivity index (χ1n) is 3.65. The first-order valence-corrected chi connectivity index (χ1v) is 3.65. The third-order valence-electron chi connectivity index (χ3n) is 1.70. The Hall–Kier alpha value is -0.530. The van der Waals surface area contributed by atoms with Gasteiger partial charge in [-0.25, -0.2) is 0 Å². The predicted molar refractivity (Wildman–Crippen MR) is 39.6 cm³/mol. The molecule has 52 valence electrons. The summed E-state index contributed by atoms with van der Waals surface area (Å²) in [6.07, 6.45) is 6.48. The van der Waals surface area contributed by atoms with E-state index in [1.54, 1.807) is 0 Å². The molecule has 0 aromatic carbocycles. The average molecular weight is 126 g/mol. The summed E-state index contributed by atoms with van der Waals surface area (Å²) < 4.78 is 0. The molecule has 1 aliphatic rings. The van der Waals surface area contributed by atoms with E-state index in [1.807, 2.05) is 7.05 Å². The Morgan fingerprint density at radius 1 is 1.22 bits per heavy atom. The molecule has 1 aliphatic carbocycles. The fourth-order valence-electron chi connectivity index (χ4n) is 1.23. The molecular formula is C7H14N2. The van der Waals surface area contributed by atoms with Crippen LogP contribution in [0.4, 0.5) is 0 Å². The maximum absolute atomic E-state index is 4.15. The van der Waals surface area contributed by atoms with Crippen molar-refractivity contribution in [3.63, 3.8) is 0 Å². The Morgan fingerprint density at radius 2 is 1.89 bits per heavy atom. The van der Waals surface area contributed by atoms with Crippen LogP contribution in [0.1, 0.15) is 32.1 Å². The van der Waals surface area contributed by atoms with Crippen molar-refractivity contribution in [2.45, 2.75) is 32.1 Å². The van der Waals surface area contributed by atoms with E-state index in [9.17, 15) is 0 Å². The lowest BCUT2D eigenvalue weighted by Crippen LogP contribution is -2.09. The van der Waals surface area contributed by atoms with Crippen LogP contribution in [0.3, 0.4) is 0 Å². The van der Waals surface area contributed by atoms with Crippen molar-refractivity contribution in [2.24, 2.45) is 5.10 Å². The van der Waals surface area contributed by atoms with Crippen LogP contribution in [0.15, 0.2) is 5.10 Å². The Labute approximate surface area is 56.3 Å². The van der Waals surface area contributed by atoms with Gasteiger partial charge in [-0.3, -0.25) is 0 Å². The van der Waals surface area contributed by atoms with Crippen molar-refractivity contribution in [3.05, 3.63) is 0 Å². The van der Waals surface area contributed by atoms with Gasteiger partial charge in [-0.15, -0.1) is 0 Å². The Kier molecular flexibility index (Phi) is 2.55. The predicted octanol–water partition coefficient (Wildman–Crippen LogP) is 1.53. The molecule has 0 aromatic heterocycles. The zero-order valence-corrected chi connectivity index (χ0v) is 5.98. The molecule has 0 heterocycles. The first kappa shape index (κ1) is 6.59. The molecule has 0 amide bonds. The normalized spacial score (nSPS) is 19.4. The van der Waals surface area contributed by atoms with Gasteiger partial charge in [0.05, 0.1) is 0 Å². The summed E-state index contributed by atoms with van der Waals surface area (Å²) in [5, 5.41) is 4.15. The highest BCUT2D eigenvalue weighted by atomic mass is 15.3. The molecule has 1 saturated carbocycles. The van der Waals surface area contributed by atoms with Crippen LogP contribution in [0.2, 0.25) is 0 Å². The summed E-state index contributed by atoms with van der Waals surface area (Å²) >= 11 is 0. The number of rotatable bonds is 1. The third kappa shape index (κ3) is 2.04. The van der Waals surface area contributed by atoms with Gasteiger partial charge in [0, 0.05) is 12.8 Å². The van der Waals surface area contributed by atoms with Crippen LogP contribution in [0.5, 0.6) is 0 Å². The van der Waals surface area contributed by atoms with Crippen molar-refractivity contribution >= 4 is 5.71 Å². The van der Waals surface area contributed by atoms with E-state index in [2.05, 4.69) is 10.5 Å².